The Labute approximate surface area is 89.7 Å². The minimum atomic E-state index is -0.166. The van der Waals surface area contributed by atoms with Crippen molar-refractivity contribution >= 4 is 0 Å². The zero-order chi connectivity index (χ0) is 11.3. The molecule has 1 aromatic heterocycles. The standard InChI is InChI=1S/C11H18N2O2/c1-4-5-8(2)7-15-11-6-10(14)12-9(3)13-11/h6,8H,4-5,7H2,1-3H3,(H,12,13,14). The molecule has 0 radical (unpaired) electrons. The summed E-state index contributed by atoms with van der Waals surface area (Å²) in [4.78, 5) is 17.8. The topological polar surface area (TPSA) is 55.0 Å². The van der Waals surface area contributed by atoms with Gasteiger partial charge < -0.3 is 9.72 Å². The number of aryl methyl sites for hydroxylation is 1. The van der Waals surface area contributed by atoms with Crippen molar-refractivity contribution in [3.05, 3.63) is 22.2 Å². The summed E-state index contributed by atoms with van der Waals surface area (Å²) in [5, 5.41) is 0. The van der Waals surface area contributed by atoms with Crippen LogP contribution in [0.2, 0.25) is 0 Å². The van der Waals surface area contributed by atoms with Crippen LogP contribution in [0.5, 0.6) is 5.88 Å². The second-order valence-electron chi connectivity index (χ2n) is 3.87. The number of hydrogen-bond acceptors (Lipinski definition) is 3. The number of aromatic amines is 1. The van der Waals surface area contributed by atoms with Crippen LogP contribution in [0.1, 0.15) is 32.5 Å². The van der Waals surface area contributed by atoms with E-state index in [-0.39, 0.29) is 5.56 Å². The molecule has 1 aromatic rings. The van der Waals surface area contributed by atoms with Gasteiger partial charge in [0.05, 0.1) is 12.7 Å². The normalized spacial score (nSPS) is 12.5. The highest BCUT2D eigenvalue weighted by Gasteiger charge is 2.03. The second-order valence-corrected chi connectivity index (χ2v) is 3.87. The Bertz CT molecular complexity index is 360. The summed E-state index contributed by atoms with van der Waals surface area (Å²) in [5.41, 5.74) is -0.166. The fraction of sp³-hybridized carbons (Fsp3) is 0.636. The molecule has 0 amide bonds. The average Bonchev–Trinajstić information content (AvgIpc) is 2.14. The molecule has 0 aliphatic carbocycles. The summed E-state index contributed by atoms with van der Waals surface area (Å²) in [6.07, 6.45) is 2.27. The van der Waals surface area contributed by atoms with Crippen molar-refractivity contribution in [2.24, 2.45) is 5.92 Å². The maximum atomic E-state index is 11.1. The summed E-state index contributed by atoms with van der Waals surface area (Å²) < 4.78 is 5.45. The quantitative estimate of drug-likeness (QED) is 0.807. The predicted octanol–water partition coefficient (Wildman–Crippen LogP) is 1.89. The van der Waals surface area contributed by atoms with Crippen LogP contribution in [0.4, 0.5) is 0 Å². The van der Waals surface area contributed by atoms with Gasteiger partial charge in [-0.25, -0.2) is 4.98 Å². The summed E-state index contributed by atoms with van der Waals surface area (Å²) in [6, 6.07) is 1.38. The SMILES string of the molecule is CCCC(C)COc1cc(=O)[nH]c(C)n1. The van der Waals surface area contributed by atoms with E-state index in [0.717, 1.165) is 12.8 Å². The van der Waals surface area contributed by atoms with Crippen molar-refractivity contribution in [1.82, 2.24) is 9.97 Å². The maximum Gasteiger partial charge on any atom is 0.254 e. The van der Waals surface area contributed by atoms with Crippen molar-refractivity contribution in [2.75, 3.05) is 6.61 Å². The lowest BCUT2D eigenvalue weighted by Crippen LogP contribution is -2.13. The molecule has 0 aromatic carbocycles. The second kappa shape index (κ2) is 5.53. The van der Waals surface area contributed by atoms with Crippen LogP contribution < -0.4 is 10.3 Å². The highest BCUT2D eigenvalue weighted by Crippen LogP contribution is 2.08. The summed E-state index contributed by atoms with van der Waals surface area (Å²) >= 11 is 0. The number of nitrogens with zero attached hydrogens (tertiary/aromatic N) is 1. The first-order chi connectivity index (χ1) is 7.11. The number of ether oxygens (including phenoxy) is 1. The highest BCUT2D eigenvalue weighted by atomic mass is 16.5. The Morgan fingerprint density at radius 1 is 1.60 bits per heavy atom. The molecule has 0 bridgehead atoms. The van der Waals surface area contributed by atoms with Crippen LogP contribution in [0, 0.1) is 12.8 Å². The van der Waals surface area contributed by atoms with E-state index >= 15 is 0 Å². The Hall–Kier alpha value is -1.32. The zero-order valence-electron chi connectivity index (χ0n) is 9.54. The van der Waals surface area contributed by atoms with Gasteiger partial charge in [0, 0.05) is 0 Å². The van der Waals surface area contributed by atoms with Gasteiger partial charge >= 0.3 is 0 Å². The van der Waals surface area contributed by atoms with E-state index in [0.29, 0.717) is 24.2 Å². The van der Waals surface area contributed by atoms with Crippen LogP contribution >= 0.6 is 0 Å². The maximum absolute atomic E-state index is 11.1. The Kier molecular flexibility index (Phi) is 4.34. The van der Waals surface area contributed by atoms with E-state index in [2.05, 4.69) is 23.8 Å². The zero-order valence-corrected chi connectivity index (χ0v) is 9.54. The van der Waals surface area contributed by atoms with E-state index in [4.69, 9.17) is 4.74 Å². The van der Waals surface area contributed by atoms with Gasteiger partial charge in [-0.05, 0) is 19.3 Å². The van der Waals surface area contributed by atoms with E-state index in [1.165, 1.54) is 6.07 Å². The van der Waals surface area contributed by atoms with E-state index in [1.54, 1.807) is 6.92 Å². The number of rotatable bonds is 5. The molecular formula is C11H18N2O2. The highest BCUT2D eigenvalue weighted by molar-refractivity contribution is 5.07. The van der Waals surface area contributed by atoms with Crippen molar-refractivity contribution in [3.8, 4) is 5.88 Å². The molecular weight excluding hydrogens is 192 g/mol. The molecule has 0 fully saturated rings. The molecule has 0 saturated carbocycles. The van der Waals surface area contributed by atoms with Gasteiger partial charge in [-0.2, -0.15) is 0 Å². The minimum absolute atomic E-state index is 0.166. The van der Waals surface area contributed by atoms with E-state index in [9.17, 15) is 4.79 Å². The van der Waals surface area contributed by atoms with Gasteiger partial charge in [0.25, 0.3) is 5.56 Å². The number of hydrogen-bond donors (Lipinski definition) is 1. The van der Waals surface area contributed by atoms with Gasteiger partial charge in [0.15, 0.2) is 0 Å². The third-order valence-electron chi connectivity index (χ3n) is 2.13. The number of nitrogens with one attached hydrogen (secondary N) is 1. The molecule has 1 unspecified atom stereocenters. The van der Waals surface area contributed by atoms with Crippen LogP contribution in [0.3, 0.4) is 0 Å². The molecule has 0 saturated heterocycles. The van der Waals surface area contributed by atoms with Gasteiger partial charge in [-0.3, -0.25) is 4.79 Å². The number of H-pyrrole nitrogens is 1. The molecule has 0 aliphatic rings. The Morgan fingerprint density at radius 2 is 2.33 bits per heavy atom. The van der Waals surface area contributed by atoms with Gasteiger partial charge in [-0.1, -0.05) is 20.3 Å². The monoisotopic (exact) mass is 210 g/mol. The Balaban J connectivity index is 2.54. The van der Waals surface area contributed by atoms with Gasteiger partial charge in [-0.15, -0.1) is 0 Å². The molecule has 1 N–H and O–H groups in total. The molecule has 1 heterocycles. The lowest BCUT2D eigenvalue weighted by molar-refractivity contribution is 0.242. The lowest BCUT2D eigenvalue weighted by Gasteiger charge is -2.11. The summed E-state index contributed by atoms with van der Waals surface area (Å²) in [6.45, 7) is 6.63. The first kappa shape index (κ1) is 11.8. The molecule has 4 nitrogen and oxygen atoms in total. The molecule has 1 rings (SSSR count). The minimum Gasteiger partial charge on any atom is -0.477 e. The lowest BCUT2D eigenvalue weighted by atomic mass is 10.1. The van der Waals surface area contributed by atoms with Crippen molar-refractivity contribution in [2.45, 2.75) is 33.6 Å². The van der Waals surface area contributed by atoms with Crippen LogP contribution in [-0.2, 0) is 0 Å². The predicted molar refractivity (Wildman–Crippen MR) is 59.2 cm³/mol. The Morgan fingerprint density at radius 3 is 2.93 bits per heavy atom. The molecule has 0 aliphatic heterocycles. The van der Waals surface area contributed by atoms with Crippen LogP contribution in [0.25, 0.3) is 0 Å². The smallest absolute Gasteiger partial charge is 0.254 e. The molecule has 4 heteroatoms. The fourth-order valence-corrected chi connectivity index (χ4v) is 1.43. The van der Waals surface area contributed by atoms with Crippen molar-refractivity contribution in [3.63, 3.8) is 0 Å². The first-order valence-corrected chi connectivity index (χ1v) is 5.32. The summed E-state index contributed by atoms with van der Waals surface area (Å²) in [5.74, 6) is 1.50. The van der Waals surface area contributed by atoms with Crippen LogP contribution in [0.15, 0.2) is 10.9 Å². The van der Waals surface area contributed by atoms with Crippen molar-refractivity contribution in [1.29, 1.82) is 0 Å². The molecule has 15 heavy (non-hydrogen) atoms. The van der Waals surface area contributed by atoms with Gasteiger partial charge in [0.1, 0.15) is 5.82 Å². The molecule has 84 valence electrons. The molecule has 1 atom stereocenters. The largest absolute Gasteiger partial charge is 0.477 e. The van der Waals surface area contributed by atoms with Gasteiger partial charge in [0.2, 0.25) is 5.88 Å². The number of aromatic nitrogens is 2. The van der Waals surface area contributed by atoms with Crippen molar-refractivity contribution < 1.29 is 4.74 Å². The average molecular weight is 210 g/mol. The van der Waals surface area contributed by atoms with E-state index < -0.39 is 0 Å². The van der Waals surface area contributed by atoms with E-state index in [1.807, 2.05) is 0 Å². The third kappa shape index (κ3) is 4.14. The first-order valence-electron chi connectivity index (χ1n) is 5.32. The summed E-state index contributed by atoms with van der Waals surface area (Å²) in [7, 11) is 0. The third-order valence-corrected chi connectivity index (χ3v) is 2.13. The van der Waals surface area contributed by atoms with Crippen LogP contribution in [-0.4, -0.2) is 16.6 Å². The fourth-order valence-electron chi connectivity index (χ4n) is 1.43. The molecule has 0 spiro atoms.